The van der Waals surface area contributed by atoms with E-state index < -0.39 is 29.2 Å². The number of hydrogen-bond donors (Lipinski definition) is 1. The van der Waals surface area contributed by atoms with Crippen LogP contribution < -0.4 is 4.72 Å². The molecular formula is C8H7F3N2O2S2. The average Bonchev–Trinajstić information content (AvgIpc) is 2.63. The normalized spacial score (nSPS) is 12.4. The number of hydrogen-bond acceptors (Lipinski definition) is 4. The minimum atomic E-state index is -4.41. The van der Waals surface area contributed by atoms with E-state index in [0.29, 0.717) is 11.3 Å². The molecule has 0 aromatic carbocycles. The van der Waals surface area contributed by atoms with Crippen molar-refractivity contribution < 1.29 is 21.6 Å². The molecule has 0 radical (unpaired) electrons. The van der Waals surface area contributed by atoms with Gasteiger partial charge in [0.15, 0.2) is 0 Å². The van der Waals surface area contributed by atoms with Gasteiger partial charge in [0, 0.05) is 6.54 Å². The first-order chi connectivity index (χ1) is 7.74. The van der Waals surface area contributed by atoms with E-state index in [1.54, 1.807) is 6.07 Å². The topological polar surface area (TPSA) is 70.0 Å². The molecule has 1 heterocycles. The predicted octanol–water partition coefficient (Wildman–Crippen LogP) is 1.85. The third-order valence-electron chi connectivity index (χ3n) is 1.66. The number of halogens is 3. The smallest absolute Gasteiger partial charge is 0.210 e. The second-order valence-electron chi connectivity index (χ2n) is 2.99. The van der Waals surface area contributed by atoms with Crippen LogP contribution >= 0.6 is 11.3 Å². The van der Waals surface area contributed by atoms with E-state index in [1.165, 1.54) is 12.1 Å². The molecule has 0 fully saturated rings. The molecule has 0 bridgehead atoms. The third-order valence-corrected chi connectivity index (χ3v) is 4.60. The fourth-order valence-corrected chi connectivity index (χ4v) is 3.10. The van der Waals surface area contributed by atoms with Gasteiger partial charge in [0.1, 0.15) is 15.2 Å². The fraction of sp³-hybridized carbons (Fsp3) is 0.375. The van der Waals surface area contributed by atoms with Crippen LogP contribution in [0.5, 0.6) is 0 Å². The third kappa shape index (κ3) is 4.33. The van der Waals surface area contributed by atoms with Crippen molar-refractivity contribution >= 4 is 21.4 Å². The van der Waals surface area contributed by atoms with Gasteiger partial charge in [-0.25, -0.2) is 13.1 Å². The highest BCUT2D eigenvalue weighted by molar-refractivity contribution is 7.91. The zero-order chi connectivity index (χ0) is 13.1. The lowest BCUT2D eigenvalue weighted by molar-refractivity contribution is -0.132. The fourth-order valence-electron chi connectivity index (χ4n) is 0.923. The summed E-state index contributed by atoms with van der Waals surface area (Å²) in [5.74, 6) is 0. The number of alkyl halides is 3. The van der Waals surface area contributed by atoms with Crippen LogP contribution in [0, 0.1) is 11.3 Å². The van der Waals surface area contributed by atoms with E-state index in [0.717, 1.165) is 0 Å². The van der Waals surface area contributed by atoms with Gasteiger partial charge in [-0.15, -0.1) is 11.3 Å². The summed E-state index contributed by atoms with van der Waals surface area (Å²) < 4.78 is 60.0. The van der Waals surface area contributed by atoms with Crippen LogP contribution in [0.3, 0.4) is 0 Å². The minimum Gasteiger partial charge on any atom is -0.210 e. The Labute approximate surface area is 99.7 Å². The predicted molar refractivity (Wildman–Crippen MR) is 54.9 cm³/mol. The molecule has 17 heavy (non-hydrogen) atoms. The zero-order valence-corrected chi connectivity index (χ0v) is 9.92. The molecule has 0 amide bonds. The first kappa shape index (κ1) is 14.0. The lowest BCUT2D eigenvalue weighted by Crippen LogP contribution is -2.27. The number of sulfonamides is 1. The van der Waals surface area contributed by atoms with Crippen molar-refractivity contribution in [3.05, 3.63) is 17.0 Å². The van der Waals surface area contributed by atoms with Gasteiger partial charge in [-0.2, -0.15) is 18.4 Å². The molecule has 0 spiro atoms. The van der Waals surface area contributed by atoms with Gasteiger partial charge in [-0.1, -0.05) is 0 Å². The van der Waals surface area contributed by atoms with Gasteiger partial charge in [0.2, 0.25) is 10.0 Å². The van der Waals surface area contributed by atoms with E-state index in [-0.39, 0.29) is 9.09 Å². The Morgan fingerprint density at radius 3 is 2.53 bits per heavy atom. The van der Waals surface area contributed by atoms with Gasteiger partial charge < -0.3 is 0 Å². The molecule has 0 saturated heterocycles. The molecule has 0 aliphatic heterocycles. The maximum absolute atomic E-state index is 11.8. The Hall–Kier alpha value is -1.11. The van der Waals surface area contributed by atoms with Crippen LogP contribution in [0.15, 0.2) is 16.3 Å². The Bertz CT molecular complexity index is 528. The summed E-state index contributed by atoms with van der Waals surface area (Å²) in [4.78, 5) is 0.182. The van der Waals surface area contributed by atoms with Crippen molar-refractivity contribution in [1.29, 1.82) is 5.26 Å². The SMILES string of the molecule is N#Cc1ccc(S(=O)(=O)NCCC(F)(F)F)s1. The number of nitrogens with zero attached hydrogens (tertiary/aromatic N) is 1. The molecule has 1 N–H and O–H groups in total. The van der Waals surface area contributed by atoms with E-state index in [2.05, 4.69) is 0 Å². The zero-order valence-electron chi connectivity index (χ0n) is 8.28. The van der Waals surface area contributed by atoms with Crippen molar-refractivity contribution in [2.45, 2.75) is 16.8 Å². The monoisotopic (exact) mass is 284 g/mol. The highest BCUT2D eigenvalue weighted by Crippen LogP contribution is 2.22. The van der Waals surface area contributed by atoms with E-state index in [9.17, 15) is 21.6 Å². The maximum atomic E-state index is 11.8. The lowest BCUT2D eigenvalue weighted by Gasteiger charge is -2.07. The summed E-state index contributed by atoms with van der Waals surface area (Å²) in [5, 5.41) is 8.50. The molecule has 1 rings (SSSR count). The largest absolute Gasteiger partial charge is 0.390 e. The second kappa shape index (κ2) is 5.03. The first-order valence-corrected chi connectivity index (χ1v) is 6.61. The van der Waals surface area contributed by atoms with Gasteiger partial charge in [-0.3, -0.25) is 0 Å². The van der Waals surface area contributed by atoms with Crippen LogP contribution in [0.25, 0.3) is 0 Å². The maximum Gasteiger partial charge on any atom is 0.390 e. The van der Waals surface area contributed by atoms with Crippen molar-refractivity contribution in [1.82, 2.24) is 4.72 Å². The summed E-state index contributed by atoms with van der Waals surface area (Å²) in [6.07, 6.45) is -5.64. The number of nitrogens with one attached hydrogen (secondary N) is 1. The van der Waals surface area contributed by atoms with Crippen molar-refractivity contribution in [2.24, 2.45) is 0 Å². The molecule has 4 nitrogen and oxygen atoms in total. The standard InChI is InChI=1S/C8H7F3N2O2S2/c9-8(10,11)3-4-13-17(14,15)7-2-1-6(5-12)16-7/h1-2,13H,3-4H2. The summed E-state index contributed by atoms with van der Waals surface area (Å²) in [7, 11) is -3.95. The average molecular weight is 284 g/mol. The van der Waals surface area contributed by atoms with E-state index in [4.69, 9.17) is 5.26 Å². The van der Waals surface area contributed by atoms with Gasteiger partial charge in [0.05, 0.1) is 6.42 Å². The van der Waals surface area contributed by atoms with Crippen LogP contribution in [-0.4, -0.2) is 21.1 Å². The first-order valence-electron chi connectivity index (χ1n) is 4.31. The molecule has 0 aliphatic carbocycles. The Balaban J connectivity index is 2.67. The van der Waals surface area contributed by atoms with Crippen molar-refractivity contribution in [3.8, 4) is 6.07 Å². The van der Waals surface area contributed by atoms with Crippen LogP contribution in [0.2, 0.25) is 0 Å². The molecule has 1 aromatic heterocycles. The molecule has 0 aliphatic rings. The number of nitriles is 1. The highest BCUT2D eigenvalue weighted by atomic mass is 32.2. The highest BCUT2D eigenvalue weighted by Gasteiger charge is 2.27. The number of rotatable bonds is 4. The molecule has 0 unspecified atom stereocenters. The van der Waals surface area contributed by atoms with Crippen molar-refractivity contribution in [3.63, 3.8) is 0 Å². The molecule has 1 aromatic rings. The molecule has 0 atom stereocenters. The van der Waals surface area contributed by atoms with Crippen LogP contribution in [-0.2, 0) is 10.0 Å². The quantitative estimate of drug-likeness (QED) is 0.917. The van der Waals surface area contributed by atoms with Gasteiger partial charge in [0.25, 0.3) is 0 Å². The van der Waals surface area contributed by atoms with E-state index in [1.807, 2.05) is 4.72 Å². The van der Waals surface area contributed by atoms with Crippen LogP contribution in [0.4, 0.5) is 13.2 Å². The molecular weight excluding hydrogens is 277 g/mol. The molecule has 9 heteroatoms. The van der Waals surface area contributed by atoms with Crippen molar-refractivity contribution in [2.75, 3.05) is 6.54 Å². The summed E-state index contributed by atoms with van der Waals surface area (Å²) in [6.45, 7) is -0.717. The number of thiophene rings is 1. The lowest BCUT2D eigenvalue weighted by atomic mass is 10.4. The minimum absolute atomic E-state index is 0.170. The summed E-state index contributed by atoms with van der Waals surface area (Å²) >= 11 is 0.705. The van der Waals surface area contributed by atoms with Crippen LogP contribution in [0.1, 0.15) is 11.3 Å². The Kier molecular flexibility index (Phi) is 4.13. The summed E-state index contributed by atoms with van der Waals surface area (Å²) in [6, 6.07) is 4.22. The summed E-state index contributed by atoms with van der Waals surface area (Å²) in [5.41, 5.74) is 0. The molecule has 0 saturated carbocycles. The second-order valence-corrected chi connectivity index (χ2v) is 6.07. The van der Waals surface area contributed by atoms with E-state index >= 15 is 0 Å². The Morgan fingerprint density at radius 1 is 1.41 bits per heavy atom. The van der Waals surface area contributed by atoms with Gasteiger partial charge in [-0.05, 0) is 12.1 Å². The molecule has 94 valence electrons. The Morgan fingerprint density at radius 2 is 2.06 bits per heavy atom. The van der Waals surface area contributed by atoms with Gasteiger partial charge >= 0.3 is 6.18 Å².